The van der Waals surface area contributed by atoms with E-state index in [1.807, 2.05) is 0 Å². The van der Waals surface area contributed by atoms with Crippen molar-refractivity contribution in [1.82, 2.24) is 0 Å². The van der Waals surface area contributed by atoms with Gasteiger partial charge in [0.15, 0.2) is 24.2 Å². The summed E-state index contributed by atoms with van der Waals surface area (Å²) in [7, 11) is 1.33. The van der Waals surface area contributed by atoms with Crippen LogP contribution in [0.3, 0.4) is 0 Å². The quantitative estimate of drug-likeness (QED) is 0.539. The van der Waals surface area contributed by atoms with Crippen molar-refractivity contribution in [2.75, 3.05) is 13.9 Å². The molecule has 0 saturated carbocycles. The Morgan fingerprint density at radius 1 is 1.15 bits per heavy atom. The summed E-state index contributed by atoms with van der Waals surface area (Å²) in [5, 5.41) is 0. The highest BCUT2D eigenvalue weighted by Gasteiger charge is 2.13. The Balaban J connectivity index is 2.90. The van der Waals surface area contributed by atoms with Crippen LogP contribution >= 0.6 is 0 Å². The molecule has 0 fully saturated rings. The van der Waals surface area contributed by atoms with E-state index in [9.17, 15) is 13.2 Å². The average Bonchev–Trinajstić information content (AvgIpc) is 2.13. The molecule has 1 rings (SSSR count). The molecule has 0 aliphatic heterocycles. The predicted molar refractivity (Wildman–Crippen MR) is 38.8 cm³/mol. The number of rotatable bonds is 3. The van der Waals surface area contributed by atoms with Gasteiger partial charge in [0, 0.05) is 7.11 Å². The van der Waals surface area contributed by atoms with Crippen molar-refractivity contribution in [3.05, 3.63) is 29.6 Å². The first-order chi connectivity index (χ1) is 6.16. The second-order valence-electron chi connectivity index (χ2n) is 2.22. The van der Waals surface area contributed by atoms with E-state index in [4.69, 9.17) is 0 Å². The molecule has 0 spiro atoms. The lowest BCUT2D eigenvalue weighted by molar-refractivity contribution is 0.0476. The van der Waals surface area contributed by atoms with E-state index in [-0.39, 0.29) is 12.5 Å². The largest absolute Gasteiger partial charge is 0.464 e. The molecule has 0 atom stereocenters. The van der Waals surface area contributed by atoms with Crippen molar-refractivity contribution in [3.63, 3.8) is 0 Å². The number of halogens is 3. The molecule has 0 bridgehead atoms. The molecular formula is C8H7F3O2. The summed E-state index contributed by atoms with van der Waals surface area (Å²) in [6.07, 6.45) is 0. The third kappa shape index (κ3) is 2.12. The monoisotopic (exact) mass is 192 g/mol. The number of hydrogen-bond donors (Lipinski definition) is 0. The van der Waals surface area contributed by atoms with E-state index in [2.05, 4.69) is 9.47 Å². The van der Waals surface area contributed by atoms with Crippen molar-refractivity contribution in [3.8, 4) is 5.75 Å². The standard InChI is InChI=1S/C8H7F3O2/c1-12-4-13-6-3-2-5(9)7(10)8(6)11/h2-3H,4H2,1H3. The van der Waals surface area contributed by atoms with E-state index in [1.165, 1.54) is 7.11 Å². The number of hydrogen-bond acceptors (Lipinski definition) is 2. The van der Waals surface area contributed by atoms with Crippen molar-refractivity contribution >= 4 is 0 Å². The second-order valence-corrected chi connectivity index (χ2v) is 2.22. The van der Waals surface area contributed by atoms with Gasteiger partial charge in [-0.05, 0) is 12.1 Å². The van der Waals surface area contributed by atoms with Gasteiger partial charge in [-0.2, -0.15) is 4.39 Å². The zero-order valence-corrected chi connectivity index (χ0v) is 6.81. The molecule has 0 saturated heterocycles. The van der Waals surface area contributed by atoms with Gasteiger partial charge in [0.1, 0.15) is 0 Å². The summed E-state index contributed by atoms with van der Waals surface area (Å²) >= 11 is 0. The summed E-state index contributed by atoms with van der Waals surface area (Å²) in [5.41, 5.74) is 0. The number of benzene rings is 1. The summed E-state index contributed by atoms with van der Waals surface area (Å²) in [5.74, 6) is -4.52. The molecule has 0 amide bonds. The van der Waals surface area contributed by atoms with Gasteiger partial charge in [0.25, 0.3) is 0 Å². The molecule has 5 heteroatoms. The predicted octanol–water partition coefficient (Wildman–Crippen LogP) is 2.09. The highest BCUT2D eigenvalue weighted by Crippen LogP contribution is 2.21. The molecular weight excluding hydrogens is 185 g/mol. The van der Waals surface area contributed by atoms with E-state index < -0.39 is 17.5 Å². The van der Waals surface area contributed by atoms with Crippen LogP contribution < -0.4 is 4.74 Å². The van der Waals surface area contributed by atoms with Gasteiger partial charge in [-0.1, -0.05) is 0 Å². The molecule has 0 radical (unpaired) electrons. The highest BCUT2D eigenvalue weighted by molar-refractivity contribution is 5.25. The molecule has 2 nitrogen and oxygen atoms in total. The molecule has 0 heterocycles. The van der Waals surface area contributed by atoms with Crippen LogP contribution in [0.5, 0.6) is 5.75 Å². The van der Waals surface area contributed by atoms with Crippen molar-refractivity contribution < 1.29 is 22.6 Å². The van der Waals surface area contributed by atoms with E-state index >= 15 is 0 Å². The zero-order valence-electron chi connectivity index (χ0n) is 6.81. The topological polar surface area (TPSA) is 18.5 Å². The number of ether oxygens (including phenoxy) is 2. The molecule has 0 aromatic heterocycles. The molecule has 13 heavy (non-hydrogen) atoms. The first-order valence-electron chi connectivity index (χ1n) is 3.42. The van der Waals surface area contributed by atoms with Crippen LogP contribution in [0.4, 0.5) is 13.2 Å². The Morgan fingerprint density at radius 2 is 1.85 bits per heavy atom. The van der Waals surface area contributed by atoms with Gasteiger partial charge >= 0.3 is 0 Å². The Morgan fingerprint density at radius 3 is 2.46 bits per heavy atom. The zero-order chi connectivity index (χ0) is 9.84. The molecule has 0 aliphatic carbocycles. The third-order valence-corrected chi connectivity index (χ3v) is 1.33. The van der Waals surface area contributed by atoms with E-state index in [1.54, 1.807) is 0 Å². The molecule has 0 N–H and O–H groups in total. The maximum atomic E-state index is 12.8. The Labute approximate surface area is 72.9 Å². The summed E-state index contributed by atoms with van der Waals surface area (Å²) in [6, 6.07) is 1.77. The van der Waals surface area contributed by atoms with Crippen molar-refractivity contribution in [2.24, 2.45) is 0 Å². The lowest BCUT2D eigenvalue weighted by atomic mass is 10.3. The highest BCUT2D eigenvalue weighted by atomic mass is 19.2. The van der Waals surface area contributed by atoms with Gasteiger partial charge in [-0.3, -0.25) is 0 Å². The summed E-state index contributed by atoms with van der Waals surface area (Å²) < 4.78 is 46.8. The molecule has 72 valence electrons. The second kappa shape index (κ2) is 4.13. The van der Waals surface area contributed by atoms with Crippen molar-refractivity contribution in [1.29, 1.82) is 0 Å². The van der Waals surface area contributed by atoms with Gasteiger partial charge in [-0.25, -0.2) is 8.78 Å². The molecule has 0 aliphatic rings. The normalized spacial score (nSPS) is 10.2. The van der Waals surface area contributed by atoms with E-state index in [0.717, 1.165) is 12.1 Å². The average molecular weight is 192 g/mol. The van der Waals surface area contributed by atoms with E-state index in [0.29, 0.717) is 0 Å². The van der Waals surface area contributed by atoms with Crippen LogP contribution in [0.2, 0.25) is 0 Å². The lowest BCUT2D eigenvalue weighted by Gasteiger charge is -2.05. The fraction of sp³-hybridized carbons (Fsp3) is 0.250. The first-order valence-corrected chi connectivity index (χ1v) is 3.42. The van der Waals surface area contributed by atoms with Crippen LogP contribution in [-0.4, -0.2) is 13.9 Å². The summed E-state index contributed by atoms with van der Waals surface area (Å²) in [4.78, 5) is 0. The SMILES string of the molecule is COCOc1ccc(F)c(F)c1F. The molecule has 1 aromatic rings. The Hall–Kier alpha value is -1.23. The fourth-order valence-electron chi connectivity index (χ4n) is 0.742. The van der Waals surface area contributed by atoms with Crippen LogP contribution in [-0.2, 0) is 4.74 Å². The maximum absolute atomic E-state index is 12.8. The third-order valence-electron chi connectivity index (χ3n) is 1.33. The minimum atomic E-state index is -1.55. The van der Waals surface area contributed by atoms with Crippen molar-refractivity contribution in [2.45, 2.75) is 0 Å². The van der Waals surface area contributed by atoms with Gasteiger partial charge in [0.05, 0.1) is 0 Å². The van der Waals surface area contributed by atoms with Crippen LogP contribution in [0, 0.1) is 17.5 Å². The van der Waals surface area contributed by atoms with Crippen LogP contribution in [0.1, 0.15) is 0 Å². The summed E-state index contributed by atoms with van der Waals surface area (Å²) in [6.45, 7) is -0.220. The number of methoxy groups -OCH3 is 1. The van der Waals surface area contributed by atoms with Crippen LogP contribution in [0.25, 0.3) is 0 Å². The minimum absolute atomic E-state index is 0.220. The maximum Gasteiger partial charge on any atom is 0.203 e. The molecule has 1 aromatic carbocycles. The van der Waals surface area contributed by atoms with Gasteiger partial charge in [-0.15, -0.1) is 0 Å². The van der Waals surface area contributed by atoms with Gasteiger partial charge in [0.2, 0.25) is 5.82 Å². The van der Waals surface area contributed by atoms with Crippen LogP contribution in [0.15, 0.2) is 12.1 Å². The minimum Gasteiger partial charge on any atom is -0.464 e. The first kappa shape index (κ1) is 9.85. The Bertz CT molecular complexity index is 302. The van der Waals surface area contributed by atoms with Gasteiger partial charge < -0.3 is 9.47 Å². The smallest absolute Gasteiger partial charge is 0.203 e. The lowest BCUT2D eigenvalue weighted by Crippen LogP contribution is -2.02. The molecule has 0 unspecified atom stereocenters. The fourth-order valence-corrected chi connectivity index (χ4v) is 0.742. The Kier molecular flexibility index (Phi) is 3.13.